The van der Waals surface area contributed by atoms with E-state index >= 15 is 0 Å². The SMILES string of the molecule is Cc1cc2nc(-c3ccc(NC(=S)NC(=O)c4ccc(N5CCCCC5)c([N+](=O)[O-])c4)cc3)oc2cc1C. The van der Waals surface area contributed by atoms with Crippen LogP contribution < -0.4 is 15.5 Å². The van der Waals surface area contributed by atoms with Crippen LogP contribution in [0.3, 0.4) is 0 Å². The lowest BCUT2D eigenvalue weighted by atomic mass is 10.1. The summed E-state index contributed by atoms with van der Waals surface area (Å²) in [5.74, 6) is -0.00787. The molecule has 0 radical (unpaired) electrons. The Morgan fingerprint density at radius 3 is 2.45 bits per heavy atom. The minimum absolute atomic E-state index is 0.0818. The van der Waals surface area contributed by atoms with Crippen LogP contribution in [-0.4, -0.2) is 34.0 Å². The van der Waals surface area contributed by atoms with Crippen LogP contribution >= 0.6 is 12.2 Å². The molecule has 1 fully saturated rings. The highest BCUT2D eigenvalue weighted by Gasteiger charge is 2.23. The van der Waals surface area contributed by atoms with Crippen LogP contribution in [0, 0.1) is 24.0 Å². The number of carbonyl (C=O) groups excluding carboxylic acids is 1. The molecule has 0 bridgehead atoms. The van der Waals surface area contributed by atoms with Gasteiger partial charge in [-0.25, -0.2) is 4.98 Å². The number of nitrogens with zero attached hydrogens (tertiary/aromatic N) is 3. The van der Waals surface area contributed by atoms with Crippen LogP contribution in [0.4, 0.5) is 17.1 Å². The number of aromatic nitrogens is 1. The van der Waals surface area contributed by atoms with Crippen molar-refractivity contribution < 1.29 is 14.1 Å². The molecule has 10 heteroatoms. The Labute approximate surface area is 225 Å². The molecule has 2 N–H and O–H groups in total. The zero-order valence-corrected chi connectivity index (χ0v) is 21.9. The number of nitro groups is 1. The predicted octanol–water partition coefficient (Wildman–Crippen LogP) is 6.14. The van der Waals surface area contributed by atoms with Gasteiger partial charge in [0.15, 0.2) is 10.7 Å². The van der Waals surface area contributed by atoms with Crippen LogP contribution in [0.15, 0.2) is 59.0 Å². The normalized spacial score (nSPS) is 13.4. The molecular weight excluding hydrogens is 502 g/mol. The number of thiocarbonyl (C=S) groups is 1. The number of nitro benzene ring substituents is 1. The molecule has 1 aromatic heterocycles. The van der Waals surface area contributed by atoms with Crippen LogP contribution in [0.2, 0.25) is 0 Å². The molecule has 1 amide bonds. The van der Waals surface area contributed by atoms with E-state index in [1.807, 2.05) is 43.0 Å². The van der Waals surface area contributed by atoms with Gasteiger partial charge in [-0.2, -0.15) is 0 Å². The number of fused-ring (bicyclic) bond motifs is 1. The van der Waals surface area contributed by atoms with E-state index in [9.17, 15) is 14.9 Å². The molecule has 194 valence electrons. The zero-order chi connectivity index (χ0) is 26.8. The maximum Gasteiger partial charge on any atom is 0.293 e. The number of nitrogens with one attached hydrogen (secondary N) is 2. The van der Waals surface area contributed by atoms with E-state index in [1.54, 1.807) is 24.3 Å². The molecule has 2 heterocycles. The number of amides is 1. The fraction of sp³-hybridized carbons (Fsp3) is 0.250. The molecule has 4 aromatic rings. The second-order valence-corrected chi connectivity index (χ2v) is 9.83. The highest BCUT2D eigenvalue weighted by Crippen LogP contribution is 2.31. The highest BCUT2D eigenvalue weighted by molar-refractivity contribution is 7.80. The largest absolute Gasteiger partial charge is 0.436 e. The molecule has 1 aliphatic heterocycles. The van der Waals surface area contributed by atoms with Gasteiger partial charge in [0, 0.05) is 36.0 Å². The first-order valence-electron chi connectivity index (χ1n) is 12.4. The number of piperidine rings is 1. The standard InChI is InChI=1S/C28H27N5O4S/c1-17-14-22-25(15-18(17)2)37-27(30-22)19-6-9-21(10-7-19)29-28(38)31-26(34)20-8-11-23(24(16-20)33(35)36)32-12-4-3-5-13-32/h6-11,14-16H,3-5,12-13H2,1-2H3,(H2,29,31,34,38). The predicted molar refractivity (Wildman–Crippen MR) is 152 cm³/mol. The van der Waals surface area contributed by atoms with Gasteiger partial charge in [0.05, 0.1) is 4.92 Å². The number of hydrogen-bond acceptors (Lipinski definition) is 7. The van der Waals surface area contributed by atoms with E-state index in [-0.39, 0.29) is 16.4 Å². The van der Waals surface area contributed by atoms with Gasteiger partial charge < -0.3 is 14.6 Å². The van der Waals surface area contributed by atoms with E-state index in [1.165, 1.54) is 6.07 Å². The lowest BCUT2D eigenvalue weighted by Gasteiger charge is -2.28. The molecule has 0 saturated carbocycles. The fourth-order valence-corrected chi connectivity index (χ4v) is 4.76. The number of rotatable bonds is 5. The van der Waals surface area contributed by atoms with Gasteiger partial charge in [0.25, 0.3) is 11.6 Å². The number of aryl methyl sites for hydroxylation is 2. The van der Waals surface area contributed by atoms with Crippen LogP contribution in [-0.2, 0) is 0 Å². The van der Waals surface area contributed by atoms with Crippen LogP contribution in [0.5, 0.6) is 0 Å². The molecule has 38 heavy (non-hydrogen) atoms. The summed E-state index contributed by atoms with van der Waals surface area (Å²) in [6.45, 7) is 5.61. The maximum atomic E-state index is 12.8. The number of oxazole rings is 1. The Morgan fingerprint density at radius 1 is 1.03 bits per heavy atom. The smallest absolute Gasteiger partial charge is 0.293 e. The summed E-state index contributed by atoms with van der Waals surface area (Å²) in [6, 6.07) is 15.8. The average molecular weight is 530 g/mol. The first-order valence-corrected chi connectivity index (χ1v) is 12.8. The number of carbonyl (C=O) groups is 1. The van der Waals surface area contributed by atoms with Crippen molar-refractivity contribution in [1.82, 2.24) is 10.3 Å². The molecule has 1 aliphatic rings. The van der Waals surface area contributed by atoms with Crippen molar-refractivity contribution in [3.05, 3.63) is 81.4 Å². The van der Waals surface area contributed by atoms with Gasteiger partial charge >= 0.3 is 0 Å². The third-order valence-corrected chi connectivity index (χ3v) is 6.96. The second-order valence-electron chi connectivity index (χ2n) is 9.42. The quantitative estimate of drug-likeness (QED) is 0.180. The van der Waals surface area contributed by atoms with Gasteiger partial charge in [0.2, 0.25) is 5.89 Å². The van der Waals surface area contributed by atoms with Crippen molar-refractivity contribution in [1.29, 1.82) is 0 Å². The van der Waals surface area contributed by atoms with Gasteiger partial charge in [-0.05, 0) is 105 Å². The molecule has 9 nitrogen and oxygen atoms in total. The Morgan fingerprint density at radius 2 is 1.74 bits per heavy atom. The number of benzene rings is 3. The van der Waals surface area contributed by atoms with Crippen molar-refractivity contribution in [3.63, 3.8) is 0 Å². The Kier molecular flexibility index (Phi) is 7.06. The summed E-state index contributed by atoms with van der Waals surface area (Å²) in [7, 11) is 0. The topological polar surface area (TPSA) is 114 Å². The summed E-state index contributed by atoms with van der Waals surface area (Å²) < 4.78 is 5.92. The second kappa shape index (κ2) is 10.6. The van der Waals surface area contributed by atoms with E-state index < -0.39 is 10.8 Å². The lowest BCUT2D eigenvalue weighted by Crippen LogP contribution is -2.34. The summed E-state index contributed by atoms with van der Waals surface area (Å²) >= 11 is 5.30. The van der Waals surface area contributed by atoms with Gasteiger partial charge in [-0.3, -0.25) is 20.2 Å². The minimum atomic E-state index is -0.524. The van der Waals surface area contributed by atoms with Crippen molar-refractivity contribution in [2.45, 2.75) is 33.1 Å². The van der Waals surface area contributed by atoms with Gasteiger partial charge in [-0.1, -0.05) is 0 Å². The van der Waals surface area contributed by atoms with Gasteiger partial charge in [0.1, 0.15) is 11.2 Å². The van der Waals surface area contributed by atoms with E-state index in [0.29, 0.717) is 17.3 Å². The molecule has 3 aromatic carbocycles. The van der Waals surface area contributed by atoms with Gasteiger partial charge in [-0.15, -0.1) is 0 Å². The van der Waals surface area contributed by atoms with E-state index in [4.69, 9.17) is 16.6 Å². The number of hydrogen-bond donors (Lipinski definition) is 2. The zero-order valence-electron chi connectivity index (χ0n) is 21.1. The molecular formula is C28H27N5O4S. The molecule has 0 aliphatic carbocycles. The lowest BCUT2D eigenvalue weighted by molar-refractivity contribution is -0.384. The van der Waals surface area contributed by atoms with Crippen LogP contribution in [0.1, 0.15) is 40.7 Å². The molecule has 0 atom stereocenters. The molecule has 0 spiro atoms. The highest BCUT2D eigenvalue weighted by atomic mass is 32.1. The van der Waals surface area contributed by atoms with Crippen molar-refractivity contribution in [2.24, 2.45) is 0 Å². The number of anilines is 2. The summed E-state index contributed by atoms with van der Waals surface area (Å²) in [5.41, 5.74) is 5.92. The Hall–Kier alpha value is -4.31. The van der Waals surface area contributed by atoms with Crippen LogP contribution in [0.25, 0.3) is 22.6 Å². The fourth-order valence-electron chi connectivity index (χ4n) is 4.55. The van der Waals surface area contributed by atoms with Crippen molar-refractivity contribution >= 4 is 51.4 Å². The average Bonchev–Trinajstić information content (AvgIpc) is 3.32. The Balaban J connectivity index is 1.25. The summed E-state index contributed by atoms with van der Waals surface area (Å²) in [5, 5.41) is 17.4. The Bertz CT molecular complexity index is 1500. The summed E-state index contributed by atoms with van der Waals surface area (Å²) in [4.78, 5) is 30.6. The van der Waals surface area contributed by atoms with E-state index in [0.717, 1.165) is 60.1 Å². The third-order valence-electron chi connectivity index (χ3n) is 6.75. The minimum Gasteiger partial charge on any atom is -0.436 e. The van der Waals surface area contributed by atoms with Crippen molar-refractivity contribution in [3.8, 4) is 11.5 Å². The molecule has 1 saturated heterocycles. The molecule has 5 rings (SSSR count). The van der Waals surface area contributed by atoms with E-state index in [2.05, 4.69) is 15.6 Å². The first kappa shape index (κ1) is 25.3. The monoisotopic (exact) mass is 529 g/mol. The first-order chi connectivity index (χ1) is 18.3. The molecule has 0 unspecified atom stereocenters. The summed E-state index contributed by atoms with van der Waals surface area (Å²) in [6.07, 6.45) is 3.11. The third kappa shape index (κ3) is 5.35. The maximum absolute atomic E-state index is 12.8. The van der Waals surface area contributed by atoms with Crippen molar-refractivity contribution in [2.75, 3.05) is 23.3 Å².